The van der Waals surface area contributed by atoms with Gasteiger partial charge in [-0.05, 0) is 40.3 Å². The maximum atomic E-state index is 12.6. The molecule has 0 bridgehead atoms. The van der Waals surface area contributed by atoms with Gasteiger partial charge in [0.15, 0.2) is 0 Å². The number of aromatic nitrogens is 6. The number of ether oxygens (including phenoxy) is 1. The number of halogens is 1. The van der Waals surface area contributed by atoms with Gasteiger partial charge < -0.3 is 10.1 Å². The van der Waals surface area contributed by atoms with Crippen molar-refractivity contribution in [3.63, 3.8) is 0 Å². The molecule has 29 heavy (non-hydrogen) atoms. The molecule has 2 N–H and O–H groups in total. The van der Waals surface area contributed by atoms with E-state index < -0.39 is 6.04 Å². The van der Waals surface area contributed by atoms with E-state index in [-0.39, 0.29) is 5.56 Å². The predicted molar refractivity (Wildman–Crippen MR) is 109 cm³/mol. The lowest BCUT2D eigenvalue weighted by Crippen LogP contribution is -2.29. The number of fused-ring (bicyclic) bond motifs is 2. The molecule has 0 fully saturated rings. The van der Waals surface area contributed by atoms with Gasteiger partial charge in [0, 0.05) is 15.6 Å². The molecule has 1 unspecified atom stereocenters. The minimum Gasteiger partial charge on any atom is -0.497 e. The number of benzene rings is 2. The van der Waals surface area contributed by atoms with Gasteiger partial charge in [-0.25, -0.2) is 5.10 Å². The summed E-state index contributed by atoms with van der Waals surface area (Å²) in [5, 5.41) is 21.9. The highest BCUT2D eigenvalue weighted by atomic mass is 79.9. The first-order chi connectivity index (χ1) is 14.2. The van der Waals surface area contributed by atoms with Crippen LogP contribution in [0.2, 0.25) is 0 Å². The summed E-state index contributed by atoms with van der Waals surface area (Å²) in [6.07, 6.45) is 0. The fraction of sp³-hybridized carbons (Fsp3) is 0.105. The lowest BCUT2D eigenvalue weighted by molar-refractivity contribution is 0.413. The molecule has 0 aliphatic carbocycles. The lowest BCUT2D eigenvalue weighted by atomic mass is 9.92. The van der Waals surface area contributed by atoms with Gasteiger partial charge in [0.05, 0.1) is 12.8 Å². The molecule has 9 nitrogen and oxygen atoms in total. The Morgan fingerprint density at radius 1 is 1.17 bits per heavy atom. The number of tetrazole rings is 1. The number of methoxy groups -OCH3 is 1. The van der Waals surface area contributed by atoms with Gasteiger partial charge >= 0.3 is 0 Å². The van der Waals surface area contributed by atoms with E-state index in [1.807, 2.05) is 48.5 Å². The topological polar surface area (TPSA) is 111 Å². The molecule has 2 aromatic heterocycles. The number of hydrogen-bond donors (Lipinski definition) is 2. The van der Waals surface area contributed by atoms with Crippen molar-refractivity contribution < 1.29 is 4.74 Å². The Balaban J connectivity index is 1.81. The van der Waals surface area contributed by atoms with Crippen molar-refractivity contribution in [2.24, 2.45) is 0 Å². The van der Waals surface area contributed by atoms with Gasteiger partial charge in [0.1, 0.15) is 17.5 Å². The monoisotopic (exact) mass is 451 g/mol. The second-order valence-corrected chi connectivity index (χ2v) is 7.36. The SMILES string of the molecule is COc1cccc(C2c3c(-c4ccc(Br)cc4)n[nH]c(=O)c3Nc3nnnn32)c1. The Morgan fingerprint density at radius 3 is 2.79 bits per heavy atom. The molecule has 0 amide bonds. The number of anilines is 2. The molecule has 1 aliphatic heterocycles. The van der Waals surface area contributed by atoms with Gasteiger partial charge in [-0.1, -0.05) is 45.3 Å². The number of nitrogens with zero attached hydrogens (tertiary/aromatic N) is 5. The molecule has 5 rings (SSSR count). The van der Waals surface area contributed by atoms with E-state index in [1.165, 1.54) is 0 Å². The number of hydrogen-bond acceptors (Lipinski definition) is 7. The molecule has 1 atom stereocenters. The summed E-state index contributed by atoms with van der Waals surface area (Å²) < 4.78 is 7.98. The Bertz CT molecular complexity index is 1270. The van der Waals surface area contributed by atoms with Crippen molar-refractivity contribution in [1.82, 2.24) is 30.4 Å². The molecule has 4 aromatic rings. The molecule has 3 heterocycles. The Morgan fingerprint density at radius 2 is 2.00 bits per heavy atom. The number of nitrogens with one attached hydrogen (secondary N) is 2. The quantitative estimate of drug-likeness (QED) is 0.433. The lowest BCUT2D eigenvalue weighted by Gasteiger charge is -2.28. The van der Waals surface area contributed by atoms with Crippen LogP contribution in [0.5, 0.6) is 5.75 Å². The first-order valence-corrected chi connectivity index (χ1v) is 9.52. The molecule has 0 saturated heterocycles. The summed E-state index contributed by atoms with van der Waals surface area (Å²) in [6, 6.07) is 14.8. The average molecular weight is 452 g/mol. The van der Waals surface area contributed by atoms with Crippen LogP contribution in [0.4, 0.5) is 11.6 Å². The van der Waals surface area contributed by atoms with Crippen LogP contribution in [0.15, 0.2) is 57.8 Å². The largest absolute Gasteiger partial charge is 0.497 e. The van der Waals surface area contributed by atoms with E-state index in [1.54, 1.807) is 11.8 Å². The highest BCUT2D eigenvalue weighted by molar-refractivity contribution is 9.10. The van der Waals surface area contributed by atoms with Crippen LogP contribution in [0.1, 0.15) is 17.2 Å². The maximum absolute atomic E-state index is 12.6. The molecule has 1 aliphatic rings. The molecule has 2 aromatic carbocycles. The summed E-state index contributed by atoms with van der Waals surface area (Å²) in [5.41, 5.74) is 3.06. The minimum absolute atomic E-state index is 0.344. The Hall–Kier alpha value is -3.53. The zero-order chi connectivity index (χ0) is 20.0. The van der Waals surface area contributed by atoms with Gasteiger partial charge in [-0.2, -0.15) is 9.78 Å². The van der Waals surface area contributed by atoms with Crippen molar-refractivity contribution in [1.29, 1.82) is 0 Å². The number of rotatable bonds is 3. The average Bonchev–Trinajstić information content (AvgIpc) is 3.22. The van der Waals surface area contributed by atoms with E-state index in [4.69, 9.17) is 4.74 Å². The summed E-state index contributed by atoms with van der Waals surface area (Å²) in [6.45, 7) is 0. The third-order valence-electron chi connectivity index (χ3n) is 4.80. The van der Waals surface area contributed by atoms with Crippen LogP contribution in [-0.4, -0.2) is 37.5 Å². The zero-order valence-electron chi connectivity index (χ0n) is 15.1. The molecule has 0 spiro atoms. The molecule has 0 radical (unpaired) electrons. The van der Waals surface area contributed by atoms with Gasteiger partial charge in [-0.15, -0.1) is 0 Å². The highest BCUT2D eigenvalue weighted by Gasteiger charge is 2.34. The predicted octanol–water partition coefficient (Wildman–Crippen LogP) is 2.89. The fourth-order valence-corrected chi connectivity index (χ4v) is 3.75. The number of H-pyrrole nitrogens is 1. The first kappa shape index (κ1) is 17.6. The first-order valence-electron chi connectivity index (χ1n) is 8.73. The van der Waals surface area contributed by atoms with Crippen LogP contribution in [0.25, 0.3) is 11.3 Å². The smallest absolute Gasteiger partial charge is 0.288 e. The molecule has 10 heteroatoms. The van der Waals surface area contributed by atoms with Crippen molar-refractivity contribution in [3.8, 4) is 17.0 Å². The van der Waals surface area contributed by atoms with Crippen molar-refractivity contribution in [2.45, 2.75) is 6.04 Å². The summed E-state index contributed by atoms with van der Waals surface area (Å²) >= 11 is 3.45. The van der Waals surface area contributed by atoms with E-state index >= 15 is 0 Å². The summed E-state index contributed by atoms with van der Waals surface area (Å²) in [4.78, 5) is 12.6. The van der Waals surface area contributed by atoms with Crippen molar-refractivity contribution in [2.75, 3.05) is 12.4 Å². The summed E-state index contributed by atoms with van der Waals surface area (Å²) in [7, 11) is 1.61. The van der Waals surface area contributed by atoms with Gasteiger partial charge in [0.25, 0.3) is 5.56 Å². The van der Waals surface area contributed by atoms with Crippen molar-refractivity contribution in [3.05, 3.63) is 74.5 Å². The van der Waals surface area contributed by atoms with Gasteiger partial charge in [0.2, 0.25) is 5.95 Å². The summed E-state index contributed by atoms with van der Waals surface area (Å²) in [5.74, 6) is 1.07. The fourth-order valence-electron chi connectivity index (χ4n) is 3.49. The van der Waals surface area contributed by atoms with E-state index in [2.05, 4.69) is 47.0 Å². The van der Waals surface area contributed by atoms with Crippen LogP contribution in [0, 0.1) is 0 Å². The Kier molecular flexibility index (Phi) is 4.13. The van der Waals surface area contributed by atoms with E-state index in [0.717, 1.165) is 15.6 Å². The van der Waals surface area contributed by atoms with E-state index in [0.29, 0.717) is 28.6 Å². The highest BCUT2D eigenvalue weighted by Crippen LogP contribution is 2.41. The number of aromatic amines is 1. The zero-order valence-corrected chi connectivity index (χ0v) is 16.7. The van der Waals surface area contributed by atoms with Crippen LogP contribution >= 0.6 is 15.9 Å². The third-order valence-corrected chi connectivity index (χ3v) is 5.32. The normalized spacial score (nSPS) is 14.6. The van der Waals surface area contributed by atoms with Crippen LogP contribution < -0.4 is 15.6 Å². The van der Waals surface area contributed by atoms with Gasteiger partial charge in [-0.3, -0.25) is 4.79 Å². The Labute approximate surface area is 172 Å². The van der Waals surface area contributed by atoms with Crippen LogP contribution in [0.3, 0.4) is 0 Å². The second-order valence-electron chi connectivity index (χ2n) is 6.45. The minimum atomic E-state index is -0.459. The second kappa shape index (κ2) is 6.82. The molecule has 144 valence electrons. The molecular formula is C19H14BrN7O2. The van der Waals surface area contributed by atoms with Crippen LogP contribution in [-0.2, 0) is 0 Å². The maximum Gasteiger partial charge on any atom is 0.288 e. The molecular weight excluding hydrogens is 438 g/mol. The third kappa shape index (κ3) is 2.88. The standard InChI is InChI=1S/C19H14BrN7O2/c1-29-13-4-2-3-11(9-13)17-14-15(10-5-7-12(20)8-6-10)22-23-18(28)16(14)21-19-24-25-26-27(17)19/h2-9,17H,1H3,(H,23,28)(H,21,24,26). The van der Waals surface area contributed by atoms with E-state index in [9.17, 15) is 4.79 Å². The van der Waals surface area contributed by atoms with Crippen molar-refractivity contribution >= 4 is 27.6 Å². The molecule has 0 saturated carbocycles.